The van der Waals surface area contributed by atoms with E-state index in [2.05, 4.69) is 12.6 Å². The van der Waals surface area contributed by atoms with Crippen molar-refractivity contribution in [1.82, 2.24) is 4.90 Å². The van der Waals surface area contributed by atoms with Crippen molar-refractivity contribution in [3.63, 3.8) is 0 Å². The van der Waals surface area contributed by atoms with Crippen molar-refractivity contribution in [3.05, 3.63) is 54.1 Å². The molecule has 2 nitrogen and oxygen atoms in total. The van der Waals surface area contributed by atoms with Crippen LogP contribution in [0.15, 0.2) is 43.0 Å². The molecule has 15 heavy (non-hydrogen) atoms. The summed E-state index contributed by atoms with van der Waals surface area (Å²) in [7, 11) is 1.79. The molecule has 1 atom stereocenters. The van der Waals surface area contributed by atoms with Gasteiger partial charge in [-0.2, -0.15) is 0 Å². The number of benzene rings is 1. The van der Waals surface area contributed by atoms with E-state index < -0.39 is 0 Å². The van der Waals surface area contributed by atoms with Crippen LogP contribution in [0.3, 0.4) is 0 Å². The Labute approximate surface area is 89.5 Å². The van der Waals surface area contributed by atoms with Crippen molar-refractivity contribution >= 4 is 12.0 Å². The number of likely N-dealkylation sites (N-methyl/N-ethyl adjacent to an activating group) is 1. The zero-order valence-corrected chi connectivity index (χ0v) is 8.68. The molecule has 2 rings (SSSR count). The molecule has 0 saturated carbocycles. The summed E-state index contributed by atoms with van der Waals surface area (Å²) in [4.78, 5) is 13.2. The molecule has 0 aliphatic heterocycles. The SMILES string of the molecule is C=CC(=O)N(C)C1C=Cc2ccccc21. The zero-order chi connectivity index (χ0) is 10.8. The van der Waals surface area contributed by atoms with Gasteiger partial charge in [0.1, 0.15) is 0 Å². The van der Waals surface area contributed by atoms with Crippen LogP contribution in [0.1, 0.15) is 17.2 Å². The van der Waals surface area contributed by atoms with Gasteiger partial charge in [0.2, 0.25) is 5.91 Å². The van der Waals surface area contributed by atoms with E-state index >= 15 is 0 Å². The van der Waals surface area contributed by atoms with E-state index in [0.717, 1.165) is 0 Å². The number of hydrogen-bond donors (Lipinski definition) is 0. The van der Waals surface area contributed by atoms with Gasteiger partial charge in [0.25, 0.3) is 0 Å². The highest BCUT2D eigenvalue weighted by atomic mass is 16.2. The lowest BCUT2D eigenvalue weighted by Gasteiger charge is -2.23. The molecule has 0 N–H and O–H groups in total. The van der Waals surface area contributed by atoms with Crippen LogP contribution in [0.2, 0.25) is 0 Å². The number of hydrogen-bond acceptors (Lipinski definition) is 1. The van der Waals surface area contributed by atoms with E-state index in [0.29, 0.717) is 0 Å². The summed E-state index contributed by atoms with van der Waals surface area (Å²) in [5.74, 6) is -0.0543. The second-order valence-corrected chi connectivity index (χ2v) is 3.59. The Morgan fingerprint density at radius 2 is 2.20 bits per heavy atom. The first kappa shape index (κ1) is 9.71. The number of nitrogens with zero attached hydrogens (tertiary/aromatic N) is 1. The fourth-order valence-electron chi connectivity index (χ4n) is 1.85. The number of amides is 1. The molecule has 2 heteroatoms. The number of carbonyl (C=O) groups is 1. The quantitative estimate of drug-likeness (QED) is 0.670. The summed E-state index contributed by atoms with van der Waals surface area (Å²) in [6, 6.07) is 8.14. The van der Waals surface area contributed by atoms with E-state index in [4.69, 9.17) is 0 Å². The normalized spacial score (nSPS) is 17.3. The fourth-order valence-corrected chi connectivity index (χ4v) is 1.85. The van der Waals surface area contributed by atoms with Crippen LogP contribution in [0.25, 0.3) is 6.08 Å². The zero-order valence-electron chi connectivity index (χ0n) is 8.68. The van der Waals surface area contributed by atoms with E-state index in [-0.39, 0.29) is 11.9 Å². The summed E-state index contributed by atoms with van der Waals surface area (Å²) < 4.78 is 0. The Hall–Kier alpha value is -1.83. The van der Waals surface area contributed by atoms with Gasteiger partial charge in [0.05, 0.1) is 6.04 Å². The van der Waals surface area contributed by atoms with Gasteiger partial charge in [0.15, 0.2) is 0 Å². The molecule has 0 fully saturated rings. The van der Waals surface area contributed by atoms with Gasteiger partial charge in [-0.25, -0.2) is 0 Å². The van der Waals surface area contributed by atoms with Gasteiger partial charge in [-0.15, -0.1) is 0 Å². The third-order valence-electron chi connectivity index (χ3n) is 2.71. The largest absolute Gasteiger partial charge is 0.332 e. The van der Waals surface area contributed by atoms with Crippen molar-refractivity contribution in [2.24, 2.45) is 0 Å². The predicted octanol–water partition coefficient (Wildman–Crippen LogP) is 2.40. The molecule has 0 saturated heterocycles. The molecule has 1 aliphatic rings. The topological polar surface area (TPSA) is 20.3 Å². The maximum absolute atomic E-state index is 11.5. The molecule has 0 heterocycles. The van der Waals surface area contributed by atoms with Gasteiger partial charge in [-0.05, 0) is 17.2 Å². The van der Waals surface area contributed by atoms with Gasteiger partial charge in [-0.1, -0.05) is 43.0 Å². The summed E-state index contributed by atoms with van der Waals surface area (Å²) in [6.45, 7) is 3.49. The Morgan fingerprint density at radius 3 is 2.93 bits per heavy atom. The van der Waals surface area contributed by atoms with Crippen molar-refractivity contribution in [2.45, 2.75) is 6.04 Å². The summed E-state index contributed by atoms with van der Waals surface area (Å²) in [6.07, 6.45) is 5.42. The second kappa shape index (κ2) is 3.73. The lowest BCUT2D eigenvalue weighted by molar-refractivity contribution is -0.126. The molecule has 1 unspecified atom stereocenters. The maximum Gasteiger partial charge on any atom is 0.246 e. The molecule has 1 aliphatic carbocycles. The van der Waals surface area contributed by atoms with E-state index in [1.54, 1.807) is 11.9 Å². The Bertz CT molecular complexity index is 434. The highest BCUT2D eigenvalue weighted by Crippen LogP contribution is 2.31. The predicted molar refractivity (Wildman–Crippen MR) is 61.2 cm³/mol. The first-order chi connectivity index (χ1) is 7.24. The highest BCUT2D eigenvalue weighted by Gasteiger charge is 2.22. The lowest BCUT2D eigenvalue weighted by Crippen LogP contribution is -2.27. The minimum atomic E-state index is -0.0543. The summed E-state index contributed by atoms with van der Waals surface area (Å²) in [5.41, 5.74) is 2.36. The smallest absolute Gasteiger partial charge is 0.246 e. The van der Waals surface area contributed by atoms with Crippen molar-refractivity contribution in [1.29, 1.82) is 0 Å². The summed E-state index contributed by atoms with van der Waals surface area (Å²) >= 11 is 0. The van der Waals surface area contributed by atoms with E-state index in [1.165, 1.54) is 17.2 Å². The van der Waals surface area contributed by atoms with Gasteiger partial charge < -0.3 is 4.90 Å². The average molecular weight is 199 g/mol. The Balaban J connectivity index is 2.31. The van der Waals surface area contributed by atoms with Crippen LogP contribution in [0.4, 0.5) is 0 Å². The summed E-state index contributed by atoms with van der Waals surface area (Å²) in [5, 5.41) is 0. The van der Waals surface area contributed by atoms with Crippen LogP contribution < -0.4 is 0 Å². The third-order valence-corrected chi connectivity index (χ3v) is 2.71. The number of fused-ring (bicyclic) bond motifs is 1. The minimum absolute atomic E-state index is 0.0479. The van der Waals surface area contributed by atoms with Gasteiger partial charge in [0, 0.05) is 7.05 Å². The van der Waals surface area contributed by atoms with E-state index in [9.17, 15) is 4.79 Å². The van der Waals surface area contributed by atoms with Crippen molar-refractivity contribution in [3.8, 4) is 0 Å². The molecule has 1 aromatic rings. The molecule has 76 valence electrons. The first-order valence-corrected chi connectivity index (χ1v) is 4.90. The van der Waals surface area contributed by atoms with E-state index in [1.807, 2.05) is 30.4 Å². The van der Waals surface area contributed by atoms with Crippen LogP contribution >= 0.6 is 0 Å². The monoisotopic (exact) mass is 199 g/mol. The molecule has 0 bridgehead atoms. The van der Waals surface area contributed by atoms with Crippen LogP contribution in [0, 0.1) is 0 Å². The maximum atomic E-state index is 11.5. The molecular formula is C13H13NO. The number of carbonyl (C=O) groups excluding carboxylic acids is 1. The highest BCUT2D eigenvalue weighted by molar-refractivity contribution is 5.87. The lowest BCUT2D eigenvalue weighted by atomic mass is 10.1. The molecular weight excluding hydrogens is 186 g/mol. The first-order valence-electron chi connectivity index (χ1n) is 4.90. The Kier molecular flexibility index (Phi) is 2.42. The molecule has 0 spiro atoms. The fraction of sp³-hybridized carbons (Fsp3) is 0.154. The minimum Gasteiger partial charge on any atom is -0.332 e. The van der Waals surface area contributed by atoms with Crippen molar-refractivity contribution < 1.29 is 4.79 Å². The molecule has 0 radical (unpaired) electrons. The molecule has 1 aromatic carbocycles. The standard InChI is InChI=1S/C13H13NO/c1-3-13(15)14(2)12-9-8-10-6-4-5-7-11(10)12/h3-9,12H,1H2,2H3. The van der Waals surface area contributed by atoms with Crippen LogP contribution in [-0.2, 0) is 4.79 Å². The molecule has 1 amide bonds. The van der Waals surface area contributed by atoms with Crippen molar-refractivity contribution in [2.75, 3.05) is 7.05 Å². The Morgan fingerprint density at radius 1 is 1.47 bits per heavy atom. The van der Waals surface area contributed by atoms with Gasteiger partial charge >= 0.3 is 0 Å². The molecule has 0 aromatic heterocycles. The van der Waals surface area contributed by atoms with Crippen LogP contribution in [0.5, 0.6) is 0 Å². The van der Waals surface area contributed by atoms with Crippen LogP contribution in [-0.4, -0.2) is 17.9 Å². The van der Waals surface area contributed by atoms with Gasteiger partial charge in [-0.3, -0.25) is 4.79 Å². The number of rotatable bonds is 2. The second-order valence-electron chi connectivity index (χ2n) is 3.59. The average Bonchev–Trinajstić information content (AvgIpc) is 2.70. The third kappa shape index (κ3) is 1.59.